The molecule has 0 heterocycles. The van der Waals surface area contributed by atoms with Crippen LogP contribution < -0.4 is 0 Å². The molecule has 0 spiro atoms. The molecule has 0 aliphatic carbocycles. The highest BCUT2D eigenvalue weighted by Gasteiger charge is 2.19. The third-order valence-corrected chi connectivity index (χ3v) is 10.4. The van der Waals surface area contributed by atoms with Crippen LogP contribution >= 0.6 is 0 Å². The molecule has 0 N–H and O–H groups in total. The van der Waals surface area contributed by atoms with Crippen molar-refractivity contribution in [3.63, 3.8) is 0 Å². The van der Waals surface area contributed by atoms with E-state index in [0.29, 0.717) is 19.3 Å². The van der Waals surface area contributed by atoms with Gasteiger partial charge in [0, 0.05) is 19.3 Å². The number of carbonyl (C=O) groups excluding carboxylic acids is 3. The number of unbranched alkanes of at least 4 members (excludes halogenated alkanes) is 19. The fourth-order valence-corrected chi connectivity index (χ4v) is 6.54. The maximum Gasteiger partial charge on any atom is 0.306 e. The summed E-state index contributed by atoms with van der Waals surface area (Å²) in [4.78, 5) is 37.8. The van der Waals surface area contributed by atoms with Gasteiger partial charge in [-0.3, -0.25) is 14.4 Å². The van der Waals surface area contributed by atoms with Crippen LogP contribution in [-0.4, -0.2) is 37.2 Å². The quantitative estimate of drug-likeness (QED) is 0.0263. The average molecular weight is 849 g/mol. The topological polar surface area (TPSA) is 78.9 Å². The Kier molecular flexibility index (Phi) is 46.5. The van der Waals surface area contributed by atoms with Gasteiger partial charge in [0.1, 0.15) is 13.2 Å². The van der Waals surface area contributed by atoms with Crippen LogP contribution in [0.1, 0.15) is 226 Å². The van der Waals surface area contributed by atoms with Gasteiger partial charge in [0.2, 0.25) is 0 Å². The molecule has 0 aliphatic heterocycles. The lowest BCUT2D eigenvalue weighted by atomic mass is 10.1. The number of hydrogen-bond donors (Lipinski definition) is 0. The third-order valence-electron chi connectivity index (χ3n) is 10.4. The molecule has 1 unspecified atom stereocenters. The fourth-order valence-electron chi connectivity index (χ4n) is 6.54. The first-order valence-corrected chi connectivity index (χ1v) is 25.1. The molecule has 0 saturated carbocycles. The normalized spacial score (nSPS) is 12.8. The van der Waals surface area contributed by atoms with E-state index in [0.717, 1.165) is 70.6 Å². The van der Waals surface area contributed by atoms with E-state index in [1.54, 1.807) is 0 Å². The van der Waals surface area contributed by atoms with Crippen molar-refractivity contribution in [2.45, 2.75) is 232 Å². The van der Waals surface area contributed by atoms with E-state index < -0.39 is 12.1 Å². The molecule has 0 saturated heterocycles. The summed E-state index contributed by atoms with van der Waals surface area (Å²) in [5.74, 6) is -1.07. The highest BCUT2D eigenvalue weighted by molar-refractivity contribution is 5.71. The highest BCUT2D eigenvalue weighted by Crippen LogP contribution is 2.11. The van der Waals surface area contributed by atoms with Crippen molar-refractivity contribution >= 4 is 17.9 Å². The van der Waals surface area contributed by atoms with Crippen molar-refractivity contribution in [3.8, 4) is 0 Å². The summed E-state index contributed by atoms with van der Waals surface area (Å²) in [5.41, 5.74) is 0. The van der Waals surface area contributed by atoms with Gasteiger partial charge < -0.3 is 14.2 Å². The summed E-state index contributed by atoms with van der Waals surface area (Å²) < 4.78 is 16.6. The minimum atomic E-state index is -0.834. The molecule has 0 fully saturated rings. The van der Waals surface area contributed by atoms with Crippen LogP contribution in [0, 0.1) is 0 Å². The first kappa shape index (κ1) is 57.6. The van der Waals surface area contributed by atoms with Crippen LogP contribution in [-0.2, 0) is 28.6 Å². The second kappa shape index (κ2) is 49.2. The van der Waals surface area contributed by atoms with Crippen LogP contribution in [0.3, 0.4) is 0 Å². The minimum absolute atomic E-state index is 0.125. The average Bonchev–Trinajstić information content (AvgIpc) is 3.26. The Morgan fingerprint density at radius 2 is 0.639 bits per heavy atom. The molecule has 0 aromatic carbocycles. The van der Waals surface area contributed by atoms with E-state index in [9.17, 15) is 14.4 Å². The predicted octanol–water partition coefficient (Wildman–Crippen LogP) is 16.4. The number of carbonyl (C=O) groups is 3. The number of hydrogen-bond acceptors (Lipinski definition) is 6. The standard InChI is InChI=1S/C55H92O6/c1-4-7-10-13-16-19-22-25-26-27-28-31-33-36-39-42-45-48-54(57)60-51-52(61-55(58)49-46-43-40-37-34-30-24-21-18-15-12-9-6-3)50-59-53(56)47-44-41-38-35-32-29-23-20-17-14-11-8-5-2/h16,19,25-26,28-32,34,36,39-40,43,52H,4-15,17-18,20-24,27,33,35,37-38,41-42,44-51H2,1-3H3/b19-16-,26-25-,31-28-,32-29-,34-30-,39-36-,43-40-. The molecule has 61 heavy (non-hydrogen) atoms. The van der Waals surface area contributed by atoms with E-state index >= 15 is 0 Å². The van der Waals surface area contributed by atoms with E-state index in [1.807, 2.05) is 6.08 Å². The van der Waals surface area contributed by atoms with Gasteiger partial charge in [0.15, 0.2) is 6.10 Å². The van der Waals surface area contributed by atoms with Gasteiger partial charge in [-0.25, -0.2) is 0 Å². The van der Waals surface area contributed by atoms with E-state index in [1.165, 1.54) is 103 Å². The lowest BCUT2D eigenvalue weighted by Gasteiger charge is -2.18. The number of allylic oxidation sites excluding steroid dienone is 14. The molecule has 1 atom stereocenters. The summed E-state index contributed by atoms with van der Waals surface area (Å²) in [5, 5.41) is 0. The lowest BCUT2D eigenvalue weighted by Crippen LogP contribution is -2.30. The molecule has 0 aromatic rings. The van der Waals surface area contributed by atoms with Crippen molar-refractivity contribution in [2.75, 3.05) is 13.2 Å². The first-order valence-electron chi connectivity index (χ1n) is 25.1. The second-order valence-electron chi connectivity index (χ2n) is 16.4. The van der Waals surface area contributed by atoms with E-state index in [4.69, 9.17) is 14.2 Å². The lowest BCUT2D eigenvalue weighted by molar-refractivity contribution is -0.166. The van der Waals surface area contributed by atoms with Gasteiger partial charge in [-0.2, -0.15) is 0 Å². The van der Waals surface area contributed by atoms with Crippen molar-refractivity contribution in [1.29, 1.82) is 0 Å². The number of rotatable bonds is 44. The van der Waals surface area contributed by atoms with Crippen LogP contribution in [0.25, 0.3) is 0 Å². The minimum Gasteiger partial charge on any atom is -0.462 e. The van der Waals surface area contributed by atoms with Gasteiger partial charge in [0.25, 0.3) is 0 Å². The molecule has 0 rings (SSSR count). The van der Waals surface area contributed by atoms with Gasteiger partial charge in [-0.05, 0) is 103 Å². The Morgan fingerprint density at radius 3 is 1.10 bits per heavy atom. The third kappa shape index (κ3) is 47.5. The highest BCUT2D eigenvalue weighted by atomic mass is 16.6. The number of esters is 3. The second-order valence-corrected chi connectivity index (χ2v) is 16.4. The largest absolute Gasteiger partial charge is 0.462 e. The Labute approximate surface area is 375 Å². The zero-order valence-electron chi connectivity index (χ0n) is 39.7. The Bertz CT molecular complexity index is 1200. The van der Waals surface area contributed by atoms with Crippen molar-refractivity contribution < 1.29 is 28.6 Å². The maximum atomic E-state index is 12.7. The predicted molar refractivity (Wildman–Crippen MR) is 261 cm³/mol. The zero-order valence-corrected chi connectivity index (χ0v) is 39.7. The molecule has 0 amide bonds. The molecule has 0 bridgehead atoms. The molecule has 0 aromatic heterocycles. The van der Waals surface area contributed by atoms with Crippen molar-refractivity contribution in [1.82, 2.24) is 0 Å². The fraction of sp³-hybridized carbons (Fsp3) is 0.691. The summed E-state index contributed by atoms with van der Waals surface area (Å²) in [6.45, 7) is 6.47. The Hall–Kier alpha value is -3.41. The van der Waals surface area contributed by atoms with Crippen molar-refractivity contribution in [2.24, 2.45) is 0 Å². The SMILES string of the molecule is CCCCC/C=C\C/C=C\C/C=C\C/C=C\CCCC(=O)OCC(COC(=O)CCCCC/C=C\CCCCCCCC)OC(=O)CC/C=C\C/C=C\CCCCCCCC. The zero-order chi connectivity index (χ0) is 44.4. The maximum absolute atomic E-state index is 12.7. The van der Waals surface area contributed by atoms with Gasteiger partial charge in [0.05, 0.1) is 0 Å². The molecular formula is C55H92O6. The number of ether oxygens (including phenoxy) is 3. The molecular weight excluding hydrogens is 757 g/mol. The van der Waals surface area contributed by atoms with Gasteiger partial charge in [-0.1, -0.05) is 189 Å². The van der Waals surface area contributed by atoms with Crippen LogP contribution in [0.4, 0.5) is 0 Å². The summed E-state index contributed by atoms with van der Waals surface area (Å²) in [6.07, 6.45) is 63.0. The molecule has 6 heteroatoms. The molecule has 0 aliphatic rings. The Balaban J connectivity index is 4.56. The van der Waals surface area contributed by atoms with Crippen molar-refractivity contribution in [3.05, 3.63) is 85.1 Å². The summed E-state index contributed by atoms with van der Waals surface area (Å²) >= 11 is 0. The molecule has 348 valence electrons. The van der Waals surface area contributed by atoms with Crippen LogP contribution in [0.15, 0.2) is 85.1 Å². The summed E-state index contributed by atoms with van der Waals surface area (Å²) in [7, 11) is 0. The van der Waals surface area contributed by atoms with Crippen LogP contribution in [0.2, 0.25) is 0 Å². The Morgan fingerprint density at radius 1 is 0.328 bits per heavy atom. The molecule has 6 nitrogen and oxygen atoms in total. The van der Waals surface area contributed by atoms with Crippen LogP contribution in [0.5, 0.6) is 0 Å². The smallest absolute Gasteiger partial charge is 0.306 e. The van der Waals surface area contributed by atoms with E-state index in [-0.39, 0.29) is 38.0 Å². The monoisotopic (exact) mass is 849 g/mol. The van der Waals surface area contributed by atoms with E-state index in [2.05, 4.69) is 99.8 Å². The van der Waals surface area contributed by atoms with Gasteiger partial charge in [-0.15, -0.1) is 0 Å². The van der Waals surface area contributed by atoms with Gasteiger partial charge >= 0.3 is 17.9 Å². The first-order chi connectivity index (χ1) is 30.0. The summed E-state index contributed by atoms with van der Waals surface area (Å²) in [6, 6.07) is 0. The molecule has 0 radical (unpaired) electrons.